The molecule has 200 valence electrons. The minimum absolute atomic E-state index is 0.0380. The Balaban J connectivity index is 1.39. The van der Waals surface area contributed by atoms with Crippen molar-refractivity contribution in [2.24, 2.45) is 13.0 Å². The number of aromatic nitrogens is 1. The lowest BCUT2D eigenvalue weighted by Crippen LogP contribution is -2.43. The van der Waals surface area contributed by atoms with Crippen molar-refractivity contribution in [3.05, 3.63) is 58.6 Å². The molecule has 0 N–H and O–H groups in total. The molecule has 0 saturated carbocycles. The molecule has 9 heteroatoms. The maximum absolute atomic E-state index is 13.1. The number of rotatable bonds is 6. The monoisotopic (exact) mass is 519 g/mol. The molecule has 0 bridgehead atoms. The summed E-state index contributed by atoms with van der Waals surface area (Å²) in [6.45, 7) is 6.34. The van der Waals surface area contributed by atoms with E-state index in [-0.39, 0.29) is 18.7 Å². The van der Waals surface area contributed by atoms with Crippen LogP contribution in [0.15, 0.2) is 51.7 Å². The van der Waals surface area contributed by atoms with Gasteiger partial charge in [-0.2, -0.15) is 5.26 Å². The summed E-state index contributed by atoms with van der Waals surface area (Å²) in [5.41, 5.74) is 3.45. The average molecular weight is 520 g/mol. The second kappa shape index (κ2) is 11.2. The Morgan fingerprint density at radius 2 is 1.87 bits per heavy atom. The van der Waals surface area contributed by atoms with E-state index < -0.39 is 29.5 Å². The second-order valence-corrected chi connectivity index (χ2v) is 10.6. The van der Waals surface area contributed by atoms with Crippen molar-refractivity contribution in [2.75, 3.05) is 19.7 Å². The molecule has 2 atom stereocenters. The number of carbonyl (C=O) groups excluding carboxylic acids is 2. The van der Waals surface area contributed by atoms with Crippen LogP contribution in [0.3, 0.4) is 0 Å². The van der Waals surface area contributed by atoms with E-state index in [0.717, 1.165) is 16.7 Å². The molecule has 1 amide bonds. The summed E-state index contributed by atoms with van der Waals surface area (Å²) < 4.78 is 17.9. The van der Waals surface area contributed by atoms with E-state index in [9.17, 15) is 19.6 Å². The first kappa shape index (κ1) is 27.1. The largest absolute Gasteiger partial charge is 0.444 e. The number of hydrogen-bond acceptors (Lipinski definition) is 7. The zero-order chi connectivity index (χ0) is 27.4. The fourth-order valence-electron chi connectivity index (χ4n) is 4.47. The van der Waals surface area contributed by atoms with E-state index in [1.54, 1.807) is 33.9 Å². The van der Waals surface area contributed by atoms with E-state index in [4.69, 9.17) is 13.9 Å². The summed E-state index contributed by atoms with van der Waals surface area (Å²) in [6, 6.07) is 15.6. The van der Waals surface area contributed by atoms with Crippen LogP contribution >= 0.6 is 0 Å². The first-order valence-corrected chi connectivity index (χ1v) is 12.7. The lowest BCUT2D eigenvalue weighted by molar-refractivity contribution is -0.131. The first-order valence-electron chi connectivity index (χ1n) is 12.7. The smallest absolute Gasteiger partial charge is 0.419 e. The summed E-state index contributed by atoms with van der Waals surface area (Å²) in [5.74, 6) is -1.12. The van der Waals surface area contributed by atoms with Gasteiger partial charge in [0.15, 0.2) is 11.4 Å². The van der Waals surface area contributed by atoms with E-state index in [1.165, 1.54) is 9.47 Å². The van der Waals surface area contributed by atoms with Crippen molar-refractivity contribution in [3.8, 4) is 17.2 Å². The maximum atomic E-state index is 13.1. The van der Waals surface area contributed by atoms with Crippen molar-refractivity contribution in [1.29, 1.82) is 5.26 Å². The van der Waals surface area contributed by atoms with Gasteiger partial charge in [-0.05, 0) is 62.4 Å². The highest BCUT2D eigenvalue weighted by Gasteiger charge is 2.31. The summed E-state index contributed by atoms with van der Waals surface area (Å²) in [6.07, 6.45) is -0.179. The molecule has 2 aromatic carbocycles. The second-order valence-electron chi connectivity index (χ2n) is 10.6. The number of oxazole rings is 1. The highest BCUT2D eigenvalue weighted by molar-refractivity contribution is 5.84. The van der Waals surface area contributed by atoms with Crippen LogP contribution in [0.2, 0.25) is 0 Å². The van der Waals surface area contributed by atoms with Gasteiger partial charge in [0.2, 0.25) is 0 Å². The van der Waals surface area contributed by atoms with Crippen molar-refractivity contribution in [2.45, 2.75) is 51.7 Å². The van der Waals surface area contributed by atoms with Crippen LogP contribution in [-0.2, 0) is 27.7 Å². The molecule has 2 heterocycles. The lowest BCUT2D eigenvalue weighted by atomic mass is 9.93. The molecule has 9 nitrogen and oxygen atoms in total. The summed E-state index contributed by atoms with van der Waals surface area (Å²) in [5, 5.41) is 9.75. The molecule has 1 aliphatic heterocycles. The van der Waals surface area contributed by atoms with Crippen molar-refractivity contribution in [3.63, 3.8) is 0 Å². The number of nitrogens with zero attached hydrogens (tertiary/aromatic N) is 3. The number of ketones is 1. The number of benzene rings is 2. The predicted molar refractivity (Wildman–Crippen MR) is 141 cm³/mol. The van der Waals surface area contributed by atoms with Crippen LogP contribution in [0.5, 0.6) is 0 Å². The highest BCUT2D eigenvalue weighted by atomic mass is 16.6. The quantitative estimate of drug-likeness (QED) is 0.472. The van der Waals surface area contributed by atoms with Gasteiger partial charge in [0.25, 0.3) is 0 Å². The van der Waals surface area contributed by atoms with Crippen LogP contribution < -0.4 is 5.76 Å². The molecule has 0 unspecified atom stereocenters. The fourth-order valence-corrected chi connectivity index (χ4v) is 4.47. The topological polar surface area (TPSA) is 115 Å². The van der Waals surface area contributed by atoms with Crippen molar-refractivity contribution < 1.29 is 23.5 Å². The molecule has 1 aromatic heterocycles. The minimum Gasteiger partial charge on any atom is -0.444 e. The number of amides is 1. The van der Waals surface area contributed by atoms with Crippen molar-refractivity contribution >= 4 is 23.0 Å². The number of Topliss-reactive ketones (excluding diaryl/α,β-unsaturated/α-hetero) is 1. The SMILES string of the molecule is Cn1c(=O)oc2ccc(-c3ccc(C[C@@H](C#N)CC(=O)[C@@H]4CN(C(=O)OC(C)(C)C)CCCO4)cc3)cc21. The maximum Gasteiger partial charge on any atom is 0.419 e. The Morgan fingerprint density at radius 1 is 1.16 bits per heavy atom. The molecule has 1 aliphatic rings. The normalized spacial score (nSPS) is 17.0. The van der Waals surface area contributed by atoms with Gasteiger partial charge in [0.1, 0.15) is 11.7 Å². The molecule has 1 saturated heterocycles. The van der Waals surface area contributed by atoms with Gasteiger partial charge in [-0.25, -0.2) is 9.59 Å². The first-order chi connectivity index (χ1) is 18.0. The van der Waals surface area contributed by atoms with E-state index in [1.807, 2.05) is 36.4 Å². The molecule has 0 aliphatic carbocycles. The third-order valence-corrected chi connectivity index (χ3v) is 6.48. The van der Waals surface area contributed by atoms with Gasteiger partial charge in [-0.3, -0.25) is 9.36 Å². The Hall–Kier alpha value is -3.90. The van der Waals surface area contributed by atoms with Gasteiger partial charge in [0.05, 0.1) is 24.0 Å². The van der Waals surface area contributed by atoms with Gasteiger partial charge >= 0.3 is 11.8 Å². The summed E-state index contributed by atoms with van der Waals surface area (Å²) in [4.78, 5) is 38.9. The van der Waals surface area contributed by atoms with Gasteiger partial charge in [0, 0.05) is 26.6 Å². The van der Waals surface area contributed by atoms with E-state index in [2.05, 4.69) is 6.07 Å². The Bertz CT molecular complexity index is 1410. The fraction of sp³-hybridized carbons (Fsp3) is 0.448. The van der Waals surface area contributed by atoms with Gasteiger partial charge < -0.3 is 18.8 Å². The zero-order valence-electron chi connectivity index (χ0n) is 22.2. The molecule has 0 radical (unpaired) electrons. The van der Waals surface area contributed by atoms with E-state index >= 15 is 0 Å². The highest BCUT2D eigenvalue weighted by Crippen LogP contribution is 2.25. The molecule has 38 heavy (non-hydrogen) atoms. The lowest BCUT2D eigenvalue weighted by Gasteiger charge is -2.27. The standard InChI is InChI=1S/C29H33N3O6/c1-29(2,3)38-28(35)32-12-5-13-36-26(18-32)24(33)15-20(17-30)14-19-6-8-21(9-7-19)22-10-11-25-23(16-22)31(4)27(34)37-25/h6-11,16,20,26H,5,12-15,18H2,1-4H3/t20-,26+/m1/s1. The summed E-state index contributed by atoms with van der Waals surface area (Å²) >= 11 is 0. The van der Waals surface area contributed by atoms with Crippen LogP contribution in [0.25, 0.3) is 22.2 Å². The minimum atomic E-state index is -0.781. The van der Waals surface area contributed by atoms with Gasteiger partial charge in [-0.15, -0.1) is 0 Å². The van der Waals surface area contributed by atoms with Crippen LogP contribution in [0.1, 0.15) is 39.2 Å². The zero-order valence-corrected chi connectivity index (χ0v) is 22.2. The van der Waals surface area contributed by atoms with Crippen LogP contribution in [0, 0.1) is 17.2 Å². The number of ether oxygens (including phenoxy) is 2. The molecule has 3 aromatic rings. The van der Waals surface area contributed by atoms with Gasteiger partial charge in [-0.1, -0.05) is 30.3 Å². The molecule has 1 fully saturated rings. The van der Waals surface area contributed by atoms with Crippen molar-refractivity contribution in [1.82, 2.24) is 9.47 Å². The third-order valence-electron chi connectivity index (χ3n) is 6.48. The van der Waals surface area contributed by atoms with E-state index in [0.29, 0.717) is 37.1 Å². The number of nitriles is 1. The Morgan fingerprint density at radius 3 is 2.55 bits per heavy atom. The molecular formula is C29H33N3O6. The number of carbonyl (C=O) groups is 2. The van der Waals surface area contributed by atoms with Crippen LogP contribution in [-0.4, -0.2) is 52.7 Å². The molecule has 0 spiro atoms. The average Bonchev–Trinajstić information content (AvgIpc) is 3.03. The third kappa shape index (κ3) is 6.50. The number of fused-ring (bicyclic) bond motifs is 1. The predicted octanol–water partition coefficient (Wildman–Crippen LogP) is 4.47. The molecule has 4 rings (SSSR count). The Labute approximate surface area is 221 Å². The molecular weight excluding hydrogens is 486 g/mol. The summed E-state index contributed by atoms with van der Waals surface area (Å²) in [7, 11) is 1.67. The van der Waals surface area contributed by atoms with Crippen LogP contribution in [0.4, 0.5) is 4.79 Å². The number of aryl methyl sites for hydroxylation is 1. The Kier molecular flexibility index (Phi) is 8.02. The number of hydrogen-bond donors (Lipinski definition) is 0.